The summed E-state index contributed by atoms with van der Waals surface area (Å²) < 4.78 is 11.6. The van der Waals surface area contributed by atoms with Crippen molar-refractivity contribution in [2.45, 2.75) is 96.1 Å². The molecule has 6 nitrogen and oxygen atoms in total. The molecular formula is C32H48N2O4. The molecule has 0 radical (unpaired) electrons. The van der Waals surface area contributed by atoms with Gasteiger partial charge in [-0.05, 0) is 104 Å². The van der Waals surface area contributed by atoms with Crippen LogP contribution >= 0.6 is 0 Å². The van der Waals surface area contributed by atoms with Gasteiger partial charge in [0.2, 0.25) is 0 Å². The summed E-state index contributed by atoms with van der Waals surface area (Å²) >= 11 is 0. The van der Waals surface area contributed by atoms with Crippen LogP contribution in [0.1, 0.15) is 88.7 Å². The van der Waals surface area contributed by atoms with Crippen LogP contribution in [0.2, 0.25) is 0 Å². The molecule has 1 aromatic rings. The van der Waals surface area contributed by atoms with E-state index in [9.17, 15) is 9.90 Å². The first kappa shape index (κ1) is 26.6. The highest BCUT2D eigenvalue weighted by Crippen LogP contribution is 2.62. The highest BCUT2D eigenvalue weighted by molar-refractivity contribution is 5.71. The molecule has 5 aliphatic rings. The van der Waals surface area contributed by atoms with E-state index in [0.717, 1.165) is 77.9 Å². The highest BCUT2D eigenvalue weighted by Gasteiger charge is 2.56. The smallest absolute Gasteiger partial charge is 0.410 e. The fourth-order valence-corrected chi connectivity index (χ4v) is 9.16. The number of hydrogen-bond donors (Lipinski definition) is 1. The fraction of sp³-hybridized carbons (Fsp3) is 0.781. The molecule has 2 saturated heterocycles. The van der Waals surface area contributed by atoms with Crippen LogP contribution < -0.4 is 4.74 Å². The second-order valence-corrected chi connectivity index (χ2v) is 13.1. The number of carbonyl (C=O) groups excluding carboxylic acids is 1. The molecule has 3 aliphatic carbocycles. The summed E-state index contributed by atoms with van der Waals surface area (Å²) in [6.45, 7) is 9.99. The standard InChI is InChI=1S/C32H48N2O4/c1-3-5-22-20-23-21-25(6-7-26(23)27-10-13-32(2)28(30(22)27)8-9-29(32)35)38-31(36)34-15-11-24(12-16-34)33-14-4-18-37-19-17-33/h6-7,21-22,24,27-30,35H,3-5,8-20H2,1-2H3/t22-,27-,28+,29+,30-,32+/m1/s1. The van der Waals surface area contributed by atoms with Gasteiger partial charge in [-0.25, -0.2) is 4.79 Å². The van der Waals surface area contributed by atoms with Crippen molar-refractivity contribution in [3.63, 3.8) is 0 Å². The normalized spacial score (nSPS) is 36.2. The molecule has 2 aliphatic heterocycles. The molecule has 2 saturated carbocycles. The Morgan fingerprint density at radius 3 is 2.76 bits per heavy atom. The van der Waals surface area contributed by atoms with Gasteiger partial charge in [-0.2, -0.15) is 0 Å². The van der Waals surface area contributed by atoms with Crippen LogP contribution in [0.4, 0.5) is 4.79 Å². The van der Waals surface area contributed by atoms with Gasteiger partial charge in [-0.15, -0.1) is 0 Å². The Kier molecular flexibility index (Phi) is 7.76. The van der Waals surface area contributed by atoms with Gasteiger partial charge in [0.15, 0.2) is 0 Å². The largest absolute Gasteiger partial charge is 0.415 e. The van der Waals surface area contributed by atoms with Crippen LogP contribution in [0.3, 0.4) is 0 Å². The molecule has 2 heterocycles. The van der Waals surface area contributed by atoms with E-state index in [-0.39, 0.29) is 17.6 Å². The number of rotatable bonds is 4. The summed E-state index contributed by atoms with van der Waals surface area (Å²) in [5, 5.41) is 10.8. The average molecular weight is 525 g/mol. The maximum Gasteiger partial charge on any atom is 0.415 e. The SMILES string of the molecule is CCC[C@@H]1Cc2cc(OC(=O)N3CCC(N4CCCOCC4)CC3)ccc2[C@H]2CC[C@]3(C)[C@@H](O)CC[C@H]3[C@H]12. The molecule has 210 valence electrons. The van der Waals surface area contributed by atoms with Crippen LogP contribution in [-0.4, -0.2) is 72.5 Å². The van der Waals surface area contributed by atoms with E-state index < -0.39 is 0 Å². The lowest BCUT2D eigenvalue weighted by Gasteiger charge is -2.53. The van der Waals surface area contributed by atoms with Crippen LogP contribution in [-0.2, 0) is 11.2 Å². The Morgan fingerprint density at radius 1 is 1.11 bits per heavy atom. The molecular weight excluding hydrogens is 476 g/mol. The van der Waals surface area contributed by atoms with Crippen LogP contribution in [0.25, 0.3) is 0 Å². The topological polar surface area (TPSA) is 62.2 Å². The van der Waals surface area contributed by atoms with Gasteiger partial charge in [-0.3, -0.25) is 4.90 Å². The summed E-state index contributed by atoms with van der Waals surface area (Å²) in [6, 6.07) is 7.02. The third-order valence-corrected chi connectivity index (χ3v) is 11.2. The summed E-state index contributed by atoms with van der Waals surface area (Å²) in [7, 11) is 0. The minimum atomic E-state index is -0.199. The van der Waals surface area contributed by atoms with Crippen molar-refractivity contribution >= 4 is 6.09 Å². The first-order valence-corrected chi connectivity index (χ1v) is 15.6. The maximum atomic E-state index is 13.1. The first-order valence-electron chi connectivity index (χ1n) is 15.6. The number of fused-ring (bicyclic) bond motifs is 5. The summed E-state index contributed by atoms with van der Waals surface area (Å²) in [4.78, 5) is 17.6. The van der Waals surface area contributed by atoms with Gasteiger partial charge >= 0.3 is 6.09 Å². The van der Waals surface area contributed by atoms with Crippen molar-refractivity contribution in [1.29, 1.82) is 0 Å². The number of likely N-dealkylation sites (tertiary alicyclic amines) is 1. The second kappa shape index (κ2) is 11.1. The van der Waals surface area contributed by atoms with Crippen molar-refractivity contribution in [3.05, 3.63) is 29.3 Å². The van der Waals surface area contributed by atoms with Crippen LogP contribution in [0, 0.1) is 23.2 Å². The van der Waals surface area contributed by atoms with E-state index in [2.05, 4.69) is 30.9 Å². The van der Waals surface area contributed by atoms with Gasteiger partial charge in [0, 0.05) is 38.8 Å². The van der Waals surface area contributed by atoms with Gasteiger partial charge in [0.05, 0.1) is 12.7 Å². The molecule has 0 aromatic heterocycles. The van der Waals surface area contributed by atoms with Gasteiger partial charge in [0.25, 0.3) is 0 Å². The zero-order chi connectivity index (χ0) is 26.3. The number of hydrogen-bond acceptors (Lipinski definition) is 5. The van der Waals surface area contributed by atoms with E-state index in [1.165, 1.54) is 36.8 Å². The Morgan fingerprint density at radius 2 is 1.95 bits per heavy atom. The number of nitrogens with zero attached hydrogens (tertiary/aromatic N) is 2. The summed E-state index contributed by atoms with van der Waals surface area (Å²) in [6.07, 6.45) is 10.7. The molecule has 0 unspecified atom stereocenters. The lowest BCUT2D eigenvalue weighted by atomic mass is 9.52. The molecule has 1 aromatic carbocycles. The number of amides is 1. The number of aliphatic hydroxyl groups excluding tert-OH is 1. The van der Waals surface area contributed by atoms with E-state index in [4.69, 9.17) is 9.47 Å². The molecule has 1 N–H and O–H groups in total. The lowest BCUT2D eigenvalue weighted by Crippen LogP contribution is -2.48. The Balaban J connectivity index is 1.12. The van der Waals surface area contributed by atoms with E-state index in [0.29, 0.717) is 35.5 Å². The molecule has 6 atom stereocenters. The molecule has 6 rings (SSSR count). The molecule has 4 fully saturated rings. The van der Waals surface area contributed by atoms with Crippen molar-refractivity contribution in [3.8, 4) is 5.75 Å². The Hall–Kier alpha value is -1.63. The monoisotopic (exact) mass is 524 g/mol. The second-order valence-electron chi connectivity index (χ2n) is 13.1. The Labute approximate surface area is 229 Å². The highest BCUT2D eigenvalue weighted by atomic mass is 16.6. The molecule has 0 bridgehead atoms. The lowest BCUT2D eigenvalue weighted by molar-refractivity contribution is -0.0394. The predicted octanol–water partition coefficient (Wildman–Crippen LogP) is 5.62. The molecule has 1 amide bonds. The number of benzene rings is 1. The fourth-order valence-electron chi connectivity index (χ4n) is 9.16. The van der Waals surface area contributed by atoms with Crippen molar-refractivity contribution in [1.82, 2.24) is 9.80 Å². The predicted molar refractivity (Wildman–Crippen MR) is 148 cm³/mol. The van der Waals surface area contributed by atoms with Crippen molar-refractivity contribution < 1.29 is 19.4 Å². The minimum Gasteiger partial charge on any atom is -0.410 e. The number of aliphatic hydroxyl groups is 1. The van der Waals surface area contributed by atoms with Crippen LogP contribution in [0.15, 0.2) is 18.2 Å². The minimum absolute atomic E-state index is 0.0918. The third kappa shape index (κ3) is 4.90. The number of ether oxygens (including phenoxy) is 2. The molecule has 0 spiro atoms. The number of piperidine rings is 1. The van der Waals surface area contributed by atoms with Gasteiger partial charge < -0.3 is 19.5 Å². The average Bonchev–Trinajstić information content (AvgIpc) is 3.09. The van der Waals surface area contributed by atoms with E-state index in [1.54, 1.807) is 0 Å². The van der Waals surface area contributed by atoms with E-state index in [1.807, 2.05) is 11.0 Å². The number of carbonyl (C=O) groups is 1. The van der Waals surface area contributed by atoms with Crippen molar-refractivity contribution in [2.24, 2.45) is 23.2 Å². The molecule has 6 heteroatoms. The Bertz CT molecular complexity index is 984. The van der Waals surface area contributed by atoms with E-state index >= 15 is 0 Å². The maximum absolute atomic E-state index is 13.1. The zero-order valence-corrected chi connectivity index (χ0v) is 23.6. The zero-order valence-electron chi connectivity index (χ0n) is 23.6. The first-order chi connectivity index (χ1) is 18.5. The van der Waals surface area contributed by atoms with Gasteiger partial charge in [0.1, 0.15) is 5.75 Å². The summed E-state index contributed by atoms with van der Waals surface area (Å²) in [5.74, 6) is 3.23. The quantitative estimate of drug-likeness (QED) is 0.554. The van der Waals surface area contributed by atoms with Crippen molar-refractivity contribution in [2.75, 3.05) is 39.4 Å². The van der Waals surface area contributed by atoms with Gasteiger partial charge in [-0.1, -0.05) is 32.8 Å². The van der Waals surface area contributed by atoms with Crippen LogP contribution in [0.5, 0.6) is 5.75 Å². The summed E-state index contributed by atoms with van der Waals surface area (Å²) in [5.41, 5.74) is 2.96. The third-order valence-electron chi connectivity index (χ3n) is 11.2. The molecule has 38 heavy (non-hydrogen) atoms.